The zero-order valence-electron chi connectivity index (χ0n) is 13.7. The molecule has 1 unspecified atom stereocenters. The molecular weight excluding hydrogens is 313 g/mol. The number of hydrogen-bond donors (Lipinski definition) is 1. The molecule has 0 fully saturated rings. The molecule has 0 saturated carbocycles. The number of benzene rings is 3. The molecule has 0 aliphatic rings. The van der Waals surface area contributed by atoms with Gasteiger partial charge in [-0.2, -0.15) is 0 Å². The Labute approximate surface area is 143 Å². The molecule has 3 aromatic carbocycles. The highest BCUT2D eigenvalue weighted by atomic mass is 31.2. The Morgan fingerprint density at radius 2 is 1.00 bits per heavy atom. The van der Waals surface area contributed by atoms with E-state index in [0.29, 0.717) is 0 Å². The van der Waals surface area contributed by atoms with Gasteiger partial charge in [0.15, 0.2) is 5.66 Å². The van der Waals surface area contributed by atoms with Crippen LogP contribution in [-0.2, 0) is 4.79 Å². The first-order valence-electron chi connectivity index (χ1n) is 8.02. The molecule has 0 aliphatic carbocycles. The van der Waals surface area contributed by atoms with Crippen molar-refractivity contribution in [3.8, 4) is 0 Å². The van der Waals surface area contributed by atoms with Crippen molar-refractivity contribution >= 4 is 29.1 Å². The molecule has 0 saturated heterocycles. The average Bonchev–Trinajstić information content (AvgIpc) is 2.65. The summed E-state index contributed by atoms with van der Waals surface area (Å²) < 4.78 is 0. The number of carbonyl (C=O) groups is 1. The number of hydrogen-bond acceptors (Lipinski definition) is 1. The summed E-state index contributed by atoms with van der Waals surface area (Å²) in [5.74, 6) is -0.264. The van der Waals surface area contributed by atoms with Crippen LogP contribution in [0.3, 0.4) is 0 Å². The topological polar surface area (TPSA) is 43.1 Å². The summed E-state index contributed by atoms with van der Waals surface area (Å²) in [6.07, 6.45) is 0. The van der Waals surface area contributed by atoms with Crippen LogP contribution in [0.15, 0.2) is 91.0 Å². The minimum Gasteiger partial charge on any atom is -0.366 e. The van der Waals surface area contributed by atoms with Gasteiger partial charge in [0.2, 0.25) is 0 Å². The lowest BCUT2D eigenvalue weighted by Crippen LogP contribution is -2.43. The van der Waals surface area contributed by atoms with Crippen LogP contribution in [0.1, 0.15) is 6.92 Å². The van der Waals surface area contributed by atoms with Crippen LogP contribution < -0.4 is 21.6 Å². The maximum Gasteiger partial charge on any atom is 0.259 e. The standard InChI is InChI=1S/C21H20NOP/c1-17(21(22)23)24(18-11-5-2-6-12-18,19-13-7-3-8-14-19)20-15-9-4-10-16-20/h2-17H,1H3,(H-,22,23)/p+1. The van der Waals surface area contributed by atoms with Gasteiger partial charge in [-0.15, -0.1) is 0 Å². The number of rotatable bonds is 5. The number of carbonyl (C=O) groups excluding carboxylic acids is 1. The summed E-state index contributed by atoms with van der Waals surface area (Å²) >= 11 is 0. The van der Waals surface area contributed by atoms with Gasteiger partial charge in [-0.1, -0.05) is 54.6 Å². The minimum absolute atomic E-state index is 0.264. The normalized spacial score (nSPS) is 12.5. The van der Waals surface area contributed by atoms with Crippen molar-refractivity contribution in [1.82, 2.24) is 0 Å². The van der Waals surface area contributed by atoms with E-state index in [1.165, 1.54) is 15.9 Å². The van der Waals surface area contributed by atoms with E-state index in [0.717, 1.165) is 0 Å². The third-order valence-corrected chi connectivity index (χ3v) is 9.24. The lowest BCUT2D eigenvalue weighted by Gasteiger charge is -2.31. The molecule has 1 amide bonds. The fraction of sp³-hybridized carbons (Fsp3) is 0.0952. The van der Waals surface area contributed by atoms with E-state index >= 15 is 0 Å². The van der Waals surface area contributed by atoms with Crippen LogP contribution in [-0.4, -0.2) is 11.6 Å². The molecule has 24 heavy (non-hydrogen) atoms. The molecule has 3 aromatic rings. The second kappa shape index (κ2) is 6.98. The van der Waals surface area contributed by atoms with Gasteiger partial charge >= 0.3 is 0 Å². The summed E-state index contributed by atoms with van der Waals surface area (Å²) in [5, 5.41) is 3.52. The number of nitrogens with two attached hydrogens (primary N) is 1. The maximum absolute atomic E-state index is 12.3. The molecule has 3 rings (SSSR count). The third kappa shape index (κ3) is 2.74. The zero-order chi connectivity index (χ0) is 17.0. The smallest absolute Gasteiger partial charge is 0.259 e. The molecule has 120 valence electrons. The Morgan fingerprint density at radius 1 is 0.708 bits per heavy atom. The zero-order valence-corrected chi connectivity index (χ0v) is 14.6. The third-order valence-electron chi connectivity index (χ3n) is 4.48. The molecule has 1 atom stereocenters. The summed E-state index contributed by atoms with van der Waals surface area (Å²) in [6, 6.07) is 30.9. The molecule has 0 bridgehead atoms. The second-order valence-electron chi connectivity index (χ2n) is 5.81. The van der Waals surface area contributed by atoms with Crippen LogP contribution in [0.5, 0.6) is 0 Å². The highest BCUT2D eigenvalue weighted by Gasteiger charge is 2.52. The van der Waals surface area contributed by atoms with E-state index in [9.17, 15) is 4.79 Å². The summed E-state index contributed by atoms with van der Waals surface area (Å²) in [6.45, 7) is 1.96. The first kappa shape index (κ1) is 16.4. The van der Waals surface area contributed by atoms with E-state index in [1.807, 2.05) is 61.5 Å². The SMILES string of the molecule is CC(C(N)=O)[P+](c1ccccc1)(c1ccccc1)c1ccccc1. The molecule has 3 heteroatoms. The lowest BCUT2D eigenvalue weighted by atomic mass is 10.3. The Morgan fingerprint density at radius 3 is 1.25 bits per heavy atom. The van der Waals surface area contributed by atoms with E-state index in [4.69, 9.17) is 5.73 Å². The van der Waals surface area contributed by atoms with Gasteiger partial charge in [-0.05, 0) is 43.3 Å². The molecular formula is C21H21NOP+. The minimum atomic E-state index is -2.17. The Hall–Kier alpha value is -2.44. The van der Waals surface area contributed by atoms with Gasteiger partial charge in [-0.3, -0.25) is 4.79 Å². The molecule has 0 aromatic heterocycles. The van der Waals surface area contributed by atoms with Gasteiger partial charge < -0.3 is 5.73 Å². The van der Waals surface area contributed by atoms with Crippen LogP contribution in [0.25, 0.3) is 0 Å². The Balaban J connectivity index is 2.39. The Kier molecular flexibility index (Phi) is 4.78. The molecule has 2 nitrogen and oxygen atoms in total. The summed E-state index contributed by atoms with van der Waals surface area (Å²) in [4.78, 5) is 12.3. The number of primary amides is 1. The summed E-state index contributed by atoms with van der Waals surface area (Å²) in [5.41, 5.74) is 5.54. The van der Waals surface area contributed by atoms with Crippen molar-refractivity contribution in [3.05, 3.63) is 91.0 Å². The van der Waals surface area contributed by atoms with Crippen molar-refractivity contribution < 1.29 is 4.79 Å². The van der Waals surface area contributed by atoms with E-state index in [1.54, 1.807) is 0 Å². The van der Waals surface area contributed by atoms with Crippen molar-refractivity contribution in [3.63, 3.8) is 0 Å². The molecule has 0 aliphatic heterocycles. The van der Waals surface area contributed by atoms with Gasteiger partial charge in [0.1, 0.15) is 23.2 Å². The van der Waals surface area contributed by atoms with E-state index < -0.39 is 7.26 Å². The van der Waals surface area contributed by atoms with Crippen LogP contribution in [0, 0.1) is 0 Å². The lowest BCUT2D eigenvalue weighted by molar-refractivity contribution is -0.117. The fourth-order valence-corrected chi connectivity index (χ4v) is 7.84. The second-order valence-corrected chi connectivity index (χ2v) is 9.58. The predicted molar refractivity (Wildman–Crippen MR) is 104 cm³/mol. The molecule has 0 heterocycles. The predicted octanol–water partition coefficient (Wildman–Crippen LogP) is 2.85. The van der Waals surface area contributed by atoms with Gasteiger partial charge in [0.05, 0.1) is 0 Å². The fourth-order valence-electron chi connectivity index (χ4n) is 3.30. The van der Waals surface area contributed by atoms with Crippen molar-refractivity contribution in [2.24, 2.45) is 5.73 Å². The summed E-state index contributed by atoms with van der Waals surface area (Å²) in [7, 11) is -2.17. The van der Waals surface area contributed by atoms with Crippen molar-refractivity contribution in [1.29, 1.82) is 0 Å². The van der Waals surface area contributed by atoms with E-state index in [2.05, 4.69) is 36.4 Å². The quantitative estimate of drug-likeness (QED) is 0.717. The highest BCUT2D eigenvalue weighted by molar-refractivity contribution is 7.96. The van der Waals surface area contributed by atoms with Crippen LogP contribution in [0.2, 0.25) is 0 Å². The number of amides is 1. The first-order chi connectivity index (χ1) is 11.7. The Bertz CT molecular complexity index is 706. The average molecular weight is 334 g/mol. The van der Waals surface area contributed by atoms with Crippen LogP contribution >= 0.6 is 7.26 Å². The van der Waals surface area contributed by atoms with E-state index in [-0.39, 0.29) is 11.6 Å². The monoisotopic (exact) mass is 334 g/mol. The van der Waals surface area contributed by atoms with Crippen molar-refractivity contribution in [2.45, 2.75) is 12.6 Å². The van der Waals surface area contributed by atoms with Gasteiger partial charge in [0.25, 0.3) is 5.91 Å². The van der Waals surface area contributed by atoms with Crippen LogP contribution in [0.4, 0.5) is 0 Å². The maximum atomic E-state index is 12.3. The first-order valence-corrected chi connectivity index (χ1v) is 9.88. The highest BCUT2D eigenvalue weighted by Crippen LogP contribution is 2.59. The molecule has 0 spiro atoms. The largest absolute Gasteiger partial charge is 0.366 e. The van der Waals surface area contributed by atoms with Gasteiger partial charge in [0, 0.05) is 0 Å². The van der Waals surface area contributed by atoms with Gasteiger partial charge in [-0.25, -0.2) is 0 Å². The molecule has 0 radical (unpaired) electrons. The molecule has 2 N–H and O–H groups in total. The van der Waals surface area contributed by atoms with Crippen molar-refractivity contribution in [2.75, 3.05) is 0 Å².